The van der Waals surface area contributed by atoms with Crippen LogP contribution < -0.4 is 10.1 Å². The molecule has 21 heavy (non-hydrogen) atoms. The van der Waals surface area contributed by atoms with Crippen LogP contribution in [0.15, 0.2) is 30.6 Å². The highest BCUT2D eigenvalue weighted by Gasteiger charge is 2.22. The predicted molar refractivity (Wildman–Crippen MR) is 83.7 cm³/mol. The second-order valence-corrected chi connectivity index (χ2v) is 5.38. The molecule has 1 aliphatic rings. The summed E-state index contributed by atoms with van der Waals surface area (Å²) in [5.41, 5.74) is 3.67. The van der Waals surface area contributed by atoms with Gasteiger partial charge >= 0.3 is 0 Å². The quantitative estimate of drug-likeness (QED) is 0.930. The Morgan fingerprint density at radius 2 is 2.14 bits per heavy atom. The molecule has 4 heteroatoms. The number of anilines is 1. The van der Waals surface area contributed by atoms with Crippen LogP contribution in [0.25, 0.3) is 0 Å². The molecule has 1 atom stereocenters. The summed E-state index contributed by atoms with van der Waals surface area (Å²) in [6.45, 7) is 4.89. The van der Waals surface area contributed by atoms with Crippen molar-refractivity contribution in [3.63, 3.8) is 0 Å². The fraction of sp³-hybridized carbons (Fsp3) is 0.412. The number of hydrogen-bond acceptors (Lipinski definition) is 4. The van der Waals surface area contributed by atoms with E-state index in [0.717, 1.165) is 37.2 Å². The summed E-state index contributed by atoms with van der Waals surface area (Å²) < 4.78 is 6.21. The summed E-state index contributed by atoms with van der Waals surface area (Å²) in [6.07, 6.45) is 5.00. The lowest BCUT2D eigenvalue weighted by atomic mass is 9.89. The van der Waals surface area contributed by atoms with Crippen molar-refractivity contribution in [3.05, 3.63) is 47.3 Å². The lowest BCUT2D eigenvalue weighted by Gasteiger charge is -2.26. The van der Waals surface area contributed by atoms with E-state index >= 15 is 0 Å². The first-order chi connectivity index (χ1) is 10.3. The third-order valence-electron chi connectivity index (χ3n) is 3.95. The molecule has 0 fully saturated rings. The number of hydrogen-bond donors (Lipinski definition) is 1. The van der Waals surface area contributed by atoms with Gasteiger partial charge in [-0.15, -0.1) is 0 Å². The summed E-state index contributed by atoms with van der Waals surface area (Å²) in [7, 11) is 0. The highest BCUT2D eigenvalue weighted by atomic mass is 16.5. The zero-order chi connectivity index (χ0) is 14.7. The van der Waals surface area contributed by atoms with Crippen LogP contribution in [-0.2, 0) is 6.42 Å². The molecule has 0 radical (unpaired) electrons. The number of aryl methyl sites for hydroxylation is 1. The van der Waals surface area contributed by atoms with Gasteiger partial charge in [0, 0.05) is 6.54 Å². The Hall–Kier alpha value is -2.10. The Bertz CT molecular complexity index is 627. The molecule has 4 nitrogen and oxygen atoms in total. The number of ether oxygens (including phenoxy) is 1. The highest BCUT2D eigenvalue weighted by molar-refractivity contribution is 5.47. The topological polar surface area (TPSA) is 47.0 Å². The van der Waals surface area contributed by atoms with Crippen molar-refractivity contribution in [2.45, 2.75) is 39.2 Å². The normalized spacial score (nSPS) is 17.1. The Morgan fingerprint density at radius 1 is 1.29 bits per heavy atom. The van der Waals surface area contributed by atoms with Crippen molar-refractivity contribution in [3.8, 4) is 5.88 Å². The van der Waals surface area contributed by atoms with Crippen LogP contribution >= 0.6 is 0 Å². The van der Waals surface area contributed by atoms with Crippen LogP contribution in [0.5, 0.6) is 5.88 Å². The smallest absolute Gasteiger partial charge is 0.222 e. The molecule has 0 saturated heterocycles. The van der Waals surface area contributed by atoms with E-state index < -0.39 is 0 Å². The van der Waals surface area contributed by atoms with Crippen LogP contribution in [0.2, 0.25) is 0 Å². The predicted octanol–water partition coefficient (Wildman–Crippen LogP) is 3.67. The van der Waals surface area contributed by atoms with Crippen LogP contribution in [0, 0.1) is 6.92 Å². The van der Waals surface area contributed by atoms with Gasteiger partial charge in [-0.2, -0.15) is 0 Å². The van der Waals surface area contributed by atoms with Crippen molar-refractivity contribution in [2.24, 2.45) is 0 Å². The molecular formula is C17H21N3O. The minimum absolute atomic E-state index is 0.0954. The Labute approximate surface area is 125 Å². The SMILES string of the molecule is CCNc1ncnc(OC2CCCc3ccccc32)c1C. The van der Waals surface area contributed by atoms with Crippen molar-refractivity contribution >= 4 is 5.82 Å². The molecule has 0 spiro atoms. The van der Waals surface area contributed by atoms with Gasteiger partial charge < -0.3 is 10.1 Å². The maximum Gasteiger partial charge on any atom is 0.222 e. The second-order valence-electron chi connectivity index (χ2n) is 5.38. The molecule has 1 aliphatic carbocycles. The number of benzene rings is 1. The van der Waals surface area contributed by atoms with Gasteiger partial charge in [0.1, 0.15) is 18.2 Å². The van der Waals surface area contributed by atoms with Crippen molar-refractivity contribution < 1.29 is 4.74 Å². The van der Waals surface area contributed by atoms with Crippen LogP contribution in [0.3, 0.4) is 0 Å². The van der Waals surface area contributed by atoms with E-state index in [1.54, 1.807) is 6.33 Å². The second kappa shape index (κ2) is 6.12. The van der Waals surface area contributed by atoms with Crippen LogP contribution in [0.4, 0.5) is 5.82 Å². The first-order valence-corrected chi connectivity index (χ1v) is 7.59. The van der Waals surface area contributed by atoms with Gasteiger partial charge in [-0.1, -0.05) is 24.3 Å². The van der Waals surface area contributed by atoms with E-state index in [-0.39, 0.29) is 6.10 Å². The first kappa shape index (κ1) is 13.9. The summed E-state index contributed by atoms with van der Waals surface area (Å²) in [5, 5.41) is 3.24. The molecule has 2 aromatic rings. The molecule has 1 N–H and O–H groups in total. The number of fused-ring (bicyclic) bond motifs is 1. The van der Waals surface area contributed by atoms with Gasteiger partial charge in [0.25, 0.3) is 0 Å². The van der Waals surface area contributed by atoms with Crippen molar-refractivity contribution in [2.75, 3.05) is 11.9 Å². The maximum absolute atomic E-state index is 6.21. The number of nitrogens with one attached hydrogen (secondary N) is 1. The van der Waals surface area contributed by atoms with E-state index in [4.69, 9.17) is 4.74 Å². The zero-order valence-electron chi connectivity index (χ0n) is 12.6. The molecule has 1 heterocycles. The Balaban J connectivity index is 1.86. The molecular weight excluding hydrogens is 262 g/mol. The van der Waals surface area contributed by atoms with Gasteiger partial charge in [-0.25, -0.2) is 9.97 Å². The van der Waals surface area contributed by atoms with Gasteiger partial charge in [-0.05, 0) is 44.2 Å². The fourth-order valence-electron chi connectivity index (χ4n) is 2.87. The molecule has 1 aromatic heterocycles. The Morgan fingerprint density at radius 3 is 3.00 bits per heavy atom. The zero-order valence-corrected chi connectivity index (χ0v) is 12.6. The molecule has 0 saturated carbocycles. The van der Waals surface area contributed by atoms with E-state index in [9.17, 15) is 0 Å². The van der Waals surface area contributed by atoms with Gasteiger partial charge in [0.05, 0.1) is 5.56 Å². The summed E-state index contributed by atoms with van der Waals surface area (Å²) in [4.78, 5) is 8.58. The molecule has 0 bridgehead atoms. The standard InChI is InChI=1S/C17H21N3O/c1-3-18-16-12(2)17(20-11-19-16)21-15-10-6-8-13-7-4-5-9-14(13)15/h4-5,7,9,11,15H,3,6,8,10H2,1-2H3,(H,18,19,20). The molecule has 0 amide bonds. The minimum atomic E-state index is 0.0954. The summed E-state index contributed by atoms with van der Waals surface area (Å²) in [5.74, 6) is 1.54. The molecule has 110 valence electrons. The molecule has 3 rings (SSSR count). The van der Waals surface area contributed by atoms with E-state index in [1.165, 1.54) is 11.1 Å². The van der Waals surface area contributed by atoms with Crippen molar-refractivity contribution in [1.29, 1.82) is 0 Å². The van der Waals surface area contributed by atoms with Crippen LogP contribution in [0.1, 0.15) is 42.6 Å². The Kier molecular flexibility index (Phi) is 4.04. The monoisotopic (exact) mass is 283 g/mol. The maximum atomic E-state index is 6.21. The molecule has 0 aliphatic heterocycles. The number of nitrogens with zero attached hydrogens (tertiary/aromatic N) is 2. The van der Waals surface area contributed by atoms with Crippen LogP contribution in [-0.4, -0.2) is 16.5 Å². The molecule has 1 aromatic carbocycles. The number of aromatic nitrogens is 2. The average Bonchev–Trinajstić information content (AvgIpc) is 2.52. The van der Waals surface area contributed by atoms with E-state index in [2.05, 4.69) is 46.5 Å². The third-order valence-corrected chi connectivity index (χ3v) is 3.95. The number of rotatable bonds is 4. The first-order valence-electron chi connectivity index (χ1n) is 7.59. The van der Waals surface area contributed by atoms with Crippen molar-refractivity contribution in [1.82, 2.24) is 9.97 Å². The summed E-state index contributed by atoms with van der Waals surface area (Å²) >= 11 is 0. The van der Waals surface area contributed by atoms with Gasteiger partial charge in [0.2, 0.25) is 5.88 Å². The third kappa shape index (κ3) is 2.84. The van der Waals surface area contributed by atoms with E-state index in [0.29, 0.717) is 5.88 Å². The van der Waals surface area contributed by atoms with E-state index in [1.807, 2.05) is 6.92 Å². The molecule has 1 unspecified atom stereocenters. The fourth-order valence-corrected chi connectivity index (χ4v) is 2.87. The minimum Gasteiger partial charge on any atom is -0.469 e. The summed E-state index contributed by atoms with van der Waals surface area (Å²) in [6, 6.07) is 8.54. The lowest BCUT2D eigenvalue weighted by Crippen LogP contribution is -2.16. The van der Waals surface area contributed by atoms with Gasteiger partial charge in [-0.3, -0.25) is 0 Å². The highest BCUT2D eigenvalue weighted by Crippen LogP contribution is 2.34. The van der Waals surface area contributed by atoms with Gasteiger partial charge in [0.15, 0.2) is 0 Å². The lowest BCUT2D eigenvalue weighted by molar-refractivity contribution is 0.174. The average molecular weight is 283 g/mol. The largest absolute Gasteiger partial charge is 0.469 e.